The lowest BCUT2D eigenvalue weighted by atomic mass is 10.0. The maximum absolute atomic E-state index is 4.49. The van der Waals surface area contributed by atoms with Crippen LogP contribution in [0.15, 0.2) is 36.5 Å². The summed E-state index contributed by atoms with van der Waals surface area (Å²) in [6.07, 6.45) is 6.65. The summed E-state index contributed by atoms with van der Waals surface area (Å²) in [6.45, 7) is 2.23. The van der Waals surface area contributed by atoms with Crippen molar-refractivity contribution >= 4 is 26.8 Å². The summed E-state index contributed by atoms with van der Waals surface area (Å²) in [5, 5.41) is 1.24. The van der Waals surface area contributed by atoms with Gasteiger partial charge >= 0.3 is 0 Å². The third-order valence-corrected chi connectivity index (χ3v) is 3.96. The molecular formula is C15H18BrN. The minimum Gasteiger partial charge on any atom is -0.256 e. The van der Waals surface area contributed by atoms with Crippen molar-refractivity contribution in [3.05, 3.63) is 42.1 Å². The van der Waals surface area contributed by atoms with E-state index in [-0.39, 0.29) is 0 Å². The van der Waals surface area contributed by atoms with Crippen molar-refractivity contribution in [1.29, 1.82) is 0 Å². The molecule has 1 atom stereocenters. The quantitative estimate of drug-likeness (QED) is 0.726. The van der Waals surface area contributed by atoms with Gasteiger partial charge in [-0.1, -0.05) is 53.5 Å². The molecule has 0 aliphatic rings. The largest absolute Gasteiger partial charge is 0.256 e. The van der Waals surface area contributed by atoms with Crippen molar-refractivity contribution < 1.29 is 0 Å². The topological polar surface area (TPSA) is 12.9 Å². The van der Waals surface area contributed by atoms with Gasteiger partial charge in [-0.2, -0.15) is 0 Å². The molecule has 0 saturated carbocycles. The van der Waals surface area contributed by atoms with Crippen molar-refractivity contribution in [2.24, 2.45) is 0 Å². The molecule has 1 heterocycles. The van der Waals surface area contributed by atoms with Crippen LogP contribution < -0.4 is 0 Å². The SMILES string of the molecule is CCCC(Br)CCc1cccc2cccnc12. The van der Waals surface area contributed by atoms with Gasteiger partial charge in [-0.15, -0.1) is 0 Å². The van der Waals surface area contributed by atoms with Crippen molar-refractivity contribution in [1.82, 2.24) is 4.98 Å². The highest BCUT2D eigenvalue weighted by Gasteiger charge is 2.06. The Morgan fingerprint density at radius 2 is 2.00 bits per heavy atom. The second-order valence-electron chi connectivity index (χ2n) is 4.42. The van der Waals surface area contributed by atoms with E-state index in [0.717, 1.165) is 11.9 Å². The Bertz CT molecular complexity index is 476. The van der Waals surface area contributed by atoms with Gasteiger partial charge in [-0.3, -0.25) is 4.98 Å². The maximum Gasteiger partial charge on any atom is 0.0733 e. The summed E-state index contributed by atoms with van der Waals surface area (Å²) in [7, 11) is 0. The van der Waals surface area contributed by atoms with E-state index < -0.39 is 0 Å². The van der Waals surface area contributed by atoms with Crippen LogP contribution in [0, 0.1) is 0 Å². The number of hydrogen-bond donors (Lipinski definition) is 0. The Kier molecular flexibility index (Phi) is 4.55. The van der Waals surface area contributed by atoms with Crippen molar-refractivity contribution in [3.8, 4) is 0 Å². The predicted molar refractivity (Wildman–Crippen MR) is 77.7 cm³/mol. The van der Waals surface area contributed by atoms with Crippen LogP contribution in [0.4, 0.5) is 0 Å². The number of rotatable bonds is 5. The monoisotopic (exact) mass is 291 g/mol. The van der Waals surface area contributed by atoms with Gasteiger partial charge < -0.3 is 0 Å². The first-order chi connectivity index (χ1) is 8.31. The van der Waals surface area contributed by atoms with E-state index in [4.69, 9.17) is 0 Å². The Labute approximate surface area is 111 Å². The third-order valence-electron chi connectivity index (χ3n) is 3.05. The first-order valence-electron chi connectivity index (χ1n) is 6.28. The molecule has 2 heteroatoms. The molecule has 2 rings (SSSR count). The van der Waals surface area contributed by atoms with Crippen LogP contribution in [-0.4, -0.2) is 9.81 Å². The molecule has 0 aliphatic carbocycles. The van der Waals surface area contributed by atoms with E-state index in [1.165, 1.54) is 30.2 Å². The molecule has 1 nitrogen and oxygen atoms in total. The van der Waals surface area contributed by atoms with E-state index in [1.807, 2.05) is 12.3 Å². The van der Waals surface area contributed by atoms with E-state index in [2.05, 4.69) is 52.1 Å². The van der Waals surface area contributed by atoms with E-state index in [0.29, 0.717) is 4.83 Å². The second kappa shape index (κ2) is 6.15. The van der Waals surface area contributed by atoms with E-state index in [1.54, 1.807) is 0 Å². The van der Waals surface area contributed by atoms with Crippen molar-refractivity contribution in [3.63, 3.8) is 0 Å². The van der Waals surface area contributed by atoms with Gasteiger partial charge in [-0.05, 0) is 30.9 Å². The second-order valence-corrected chi connectivity index (χ2v) is 5.71. The predicted octanol–water partition coefficient (Wildman–Crippen LogP) is 4.73. The Balaban J connectivity index is 2.13. The summed E-state index contributed by atoms with van der Waals surface area (Å²) >= 11 is 3.74. The highest BCUT2D eigenvalue weighted by Crippen LogP contribution is 2.20. The minimum atomic E-state index is 0.631. The average Bonchev–Trinajstić information content (AvgIpc) is 2.36. The minimum absolute atomic E-state index is 0.631. The number of alkyl halides is 1. The lowest BCUT2D eigenvalue weighted by Gasteiger charge is -2.09. The van der Waals surface area contributed by atoms with Crippen LogP contribution in [0.5, 0.6) is 0 Å². The summed E-state index contributed by atoms with van der Waals surface area (Å²) in [5.74, 6) is 0. The first kappa shape index (κ1) is 12.6. The molecule has 0 N–H and O–H groups in total. The number of fused-ring (bicyclic) bond motifs is 1. The van der Waals surface area contributed by atoms with Gasteiger partial charge in [0.15, 0.2) is 0 Å². The molecule has 0 fully saturated rings. The van der Waals surface area contributed by atoms with Crippen LogP contribution in [0.2, 0.25) is 0 Å². The molecule has 0 spiro atoms. The number of nitrogens with zero attached hydrogens (tertiary/aromatic N) is 1. The fourth-order valence-corrected chi connectivity index (χ4v) is 2.83. The zero-order valence-corrected chi connectivity index (χ0v) is 11.8. The average molecular weight is 292 g/mol. The van der Waals surface area contributed by atoms with Crippen LogP contribution in [-0.2, 0) is 6.42 Å². The molecular weight excluding hydrogens is 274 g/mol. The fourth-order valence-electron chi connectivity index (χ4n) is 2.14. The van der Waals surface area contributed by atoms with Gasteiger partial charge in [0, 0.05) is 16.4 Å². The smallest absolute Gasteiger partial charge is 0.0733 e. The number of aryl methyl sites for hydroxylation is 1. The standard InChI is InChI=1S/C15H18BrN/c1-2-5-14(16)10-9-13-7-3-6-12-8-4-11-17-15(12)13/h3-4,6-8,11,14H,2,5,9-10H2,1H3. The lowest BCUT2D eigenvalue weighted by Crippen LogP contribution is -2.00. The number of hydrogen-bond acceptors (Lipinski definition) is 1. The van der Waals surface area contributed by atoms with Gasteiger partial charge in [0.1, 0.15) is 0 Å². The van der Waals surface area contributed by atoms with Gasteiger partial charge in [-0.25, -0.2) is 0 Å². The summed E-state index contributed by atoms with van der Waals surface area (Å²) in [6, 6.07) is 10.6. The normalized spacial score (nSPS) is 12.8. The highest BCUT2D eigenvalue weighted by molar-refractivity contribution is 9.09. The Hall–Kier alpha value is -0.890. The number of halogens is 1. The molecule has 17 heavy (non-hydrogen) atoms. The fraction of sp³-hybridized carbons (Fsp3) is 0.400. The van der Waals surface area contributed by atoms with Gasteiger partial charge in [0.25, 0.3) is 0 Å². The molecule has 1 aromatic carbocycles. The lowest BCUT2D eigenvalue weighted by molar-refractivity contribution is 0.694. The van der Waals surface area contributed by atoms with Crippen molar-refractivity contribution in [2.45, 2.75) is 37.4 Å². The molecule has 0 radical (unpaired) electrons. The molecule has 0 aliphatic heterocycles. The third kappa shape index (κ3) is 3.29. The summed E-state index contributed by atoms with van der Waals surface area (Å²) in [5.41, 5.74) is 2.52. The van der Waals surface area contributed by atoms with Crippen LogP contribution in [0.1, 0.15) is 31.7 Å². The van der Waals surface area contributed by atoms with Crippen molar-refractivity contribution in [2.75, 3.05) is 0 Å². The summed E-state index contributed by atoms with van der Waals surface area (Å²) < 4.78 is 0. The number of para-hydroxylation sites is 1. The van der Waals surface area contributed by atoms with Gasteiger partial charge in [0.2, 0.25) is 0 Å². The van der Waals surface area contributed by atoms with Gasteiger partial charge in [0.05, 0.1) is 5.52 Å². The van der Waals surface area contributed by atoms with Crippen LogP contribution >= 0.6 is 15.9 Å². The first-order valence-corrected chi connectivity index (χ1v) is 7.19. The van der Waals surface area contributed by atoms with E-state index >= 15 is 0 Å². The molecule has 0 bridgehead atoms. The van der Waals surface area contributed by atoms with E-state index in [9.17, 15) is 0 Å². The van der Waals surface area contributed by atoms with Crippen LogP contribution in [0.3, 0.4) is 0 Å². The highest BCUT2D eigenvalue weighted by atomic mass is 79.9. The maximum atomic E-state index is 4.49. The molecule has 1 unspecified atom stereocenters. The zero-order valence-electron chi connectivity index (χ0n) is 10.2. The number of benzene rings is 1. The number of pyridine rings is 1. The molecule has 0 amide bonds. The molecule has 0 saturated heterocycles. The summed E-state index contributed by atoms with van der Waals surface area (Å²) in [4.78, 5) is 5.12. The number of aromatic nitrogens is 1. The molecule has 1 aromatic heterocycles. The molecule has 2 aromatic rings. The Morgan fingerprint density at radius 3 is 2.82 bits per heavy atom. The molecule has 90 valence electrons. The van der Waals surface area contributed by atoms with Crippen LogP contribution in [0.25, 0.3) is 10.9 Å². The zero-order chi connectivity index (χ0) is 12.1. The Morgan fingerprint density at radius 1 is 1.18 bits per heavy atom.